The number of nitrogens with zero attached hydrogens (tertiary/aromatic N) is 1. The van der Waals surface area contributed by atoms with Crippen molar-refractivity contribution in [3.8, 4) is 17.2 Å². The molecule has 0 spiro atoms. The maximum absolute atomic E-state index is 13.2. The molecule has 4 aromatic carbocycles. The fourth-order valence-electron chi connectivity index (χ4n) is 5.03. The number of para-hydroxylation sites is 1. The zero-order chi connectivity index (χ0) is 30.3. The number of hydrogen-bond donors (Lipinski definition) is 2. The van der Waals surface area contributed by atoms with Gasteiger partial charge in [-0.2, -0.15) is 0 Å². The highest BCUT2D eigenvalue weighted by Crippen LogP contribution is 2.28. The zero-order valence-electron chi connectivity index (χ0n) is 24.7. The molecule has 1 aromatic heterocycles. The number of anilines is 1. The van der Waals surface area contributed by atoms with Gasteiger partial charge in [0.05, 0.1) is 26.2 Å². The first-order valence-electron chi connectivity index (χ1n) is 13.9. The van der Waals surface area contributed by atoms with Crippen LogP contribution >= 0.6 is 11.8 Å². The van der Waals surface area contributed by atoms with E-state index in [0.717, 1.165) is 40.4 Å². The number of pyridine rings is 1. The lowest BCUT2D eigenvalue weighted by Crippen LogP contribution is -2.23. The van der Waals surface area contributed by atoms with Crippen molar-refractivity contribution in [3.05, 3.63) is 100 Å². The van der Waals surface area contributed by atoms with Crippen LogP contribution < -0.4 is 25.0 Å². The van der Waals surface area contributed by atoms with Crippen LogP contribution in [0.4, 0.5) is 5.69 Å². The Morgan fingerprint density at radius 3 is 2.44 bits per heavy atom. The highest BCUT2D eigenvalue weighted by Gasteiger charge is 2.14. The molecule has 2 N–H and O–H groups in total. The van der Waals surface area contributed by atoms with Gasteiger partial charge in [-0.1, -0.05) is 18.2 Å². The third kappa shape index (κ3) is 7.13. The topological polar surface area (TPSA) is 92.9 Å². The van der Waals surface area contributed by atoms with Crippen molar-refractivity contribution in [3.63, 3.8) is 0 Å². The van der Waals surface area contributed by atoms with E-state index in [9.17, 15) is 9.59 Å². The number of methoxy groups -OCH3 is 2. The number of likely N-dealkylation sites (N-methyl/N-ethyl adjacent to an activating group) is 1. The molecule has 0 aliphatic carbocycles. The highest BCUT2D eigenvalue weighted by molar-refractivity contribution is 7.98. The van der Waals surface area contributed by atoms with Gasteiger partial charge >= 0.3 is 0 Å². The first-order valence-corrected chi connectivity index (χ1v) is 15.1. The van der Waals surface area contributed by atoms with E-state index in [2.05, 4.69) is 15.2 Å². The Balaban J connectivity index is 1.18. The van der Waals surface area contributed by atoms with Crippen molar-refractivity contribution >= 4 is 45.2 Å². The third-order valence-electron chi connectivity index (χ3n) is 7.24. The standard InChI is InChI=1S/C34H35N3O5S/c1-37(21-22-9-14-30(40-2)31(17-22)41-3)15-16-42-25-12-10-24(11-13-25)35-32(38)19-23-18-26(43-4)20-28-33(23)36-29-8-6-5-7-27(29)34(28)39/h5-14,17-18,20H,15-16,19,21H2,1-4H3,(H,35,38)(H,36,39). The van der Waals surface area contributed by atoms with Crippen molar-refractivity contribution in [2.24, 2.45) is 0 Å². The van der Waals surface area contributed by atoms with Crippen molar-refractivity contribution < 1.29 is 19.0 Å². The predicted molar refractivity (Wildman–Crippen MR) is 174 cm³/mol. The number of H-pyrrole nitrogens is 1. The second-order valence-electron chi connectivity index (χ2n) is 10.2. The SMILES string of the molecule is COc1ccc(CN(C)CCOc2ccc(NC(=O)Cc3cc(SC)cc4c(=O)c5ccccc5[nH]c34)cc2)cc1OC. The van der Waals surface area contributed by atoms with Gasteiger partial charge < -0.3 is 24.5 Å². The number of nitrogens with one attached hydrogen (secondary N) is 2. The van der Waals surface area contributed by atoms with Gasteiger partial charge in [0.1, 0.15) is 12.4 Å². The van der Waals surface area contributed by atoms with E-state index in [1.165, 1.54) is 0 Å². The predicted octanol–water partition coefficient (Wildman–Crippen LogP) is 6.11. The first kappa shape index (κ1) is 30.0. The molecule has 0 fully saturated rings. The number of aromatic nitrogens is 1. The molecule has 5 rings (SSSR count). The molecule has 43 heavy (non-hydrogen) atoms. The molecule has 0 atom stereocenters. The van der Waals surface area contributed by atoms with Crippen LogP contribution in [0, 0.1) is 0 Å². The van der Waals surface area contributed by atoms with Gasteiger partial charge in [-0.05, 0) is 85.1 Å². The Morgan fingerprint density at radius 1 is 0.930 bits per heavy atom. The Kier molecular flexibility index (Phi) is 9.54. The van der Waals surface area contributed by atoms with Crippen LogP contribution in [0.3, 0.4) is 0 Å². The number of aromatic amines is 1. The van der Waals surface area contributed by atoms with Crippen LogP contribution in [0.25, 0.3) is 21.8 Å². The van der Waals surface area contributed by atoms with Crippen LogP contribution in [0.5, 0.6) is 17.2 Å². The van der Waals surface area contributed by atoms with E-state index in [1.807, 2.05) is 92.2 Å². The molecule has 0 radical (unpaired) electrons. The van der Waals surface area contributed by atoms with Gasteiger partial charge in [-0.15, -0.1) is 11.8 Å². The summed E-state index contributed by atoms with van der Waals surface area (Å²) in [4.78, 5) is 32.8. The van der Waals surface area contributed by atoms with Crippen LogP contribution in [-0.2, 0) is 17.8 Å². The van der Waals surface area contributed by atoms with Gasteiger partial charge in [0.15, 0.2) is 16.9 Å². The molecule has 5 aromatic rings. The summed E-state index contributed by atoms with van der Waals surface area (Å²) in [6.45, 7) is 1.99. The average molecular weight is 598 g/mol. The fraction of sp³-hybridized carbons (Fsp3) is 0.235. The van der Waals surface area contributed by atoms with Gasteiger partial charge in [0, 0.05) is 40.0 Å². The van der Waals surface area contributed by atoms with E-state index in [-0.39, 0.29) is 17.8 Å². The maximum Gasteiger partial charge on any atom is 0.228 e. The second kappa shape index (κ2) is 13.7. The van der Waals surface area contributed by atoms with Crippen LogP contribution in [0.15, 0.2) is 88.6 Å². The number of amides is 1. The Morgan fingerprint density at radius 2 is 1.70 bits per heavy atom. The van der Waals surface area contributed by atoms with Crippen molar-refractivity contribution in [2.75, 3.05) is 46.0 Å². The maximum atomic E-state index is 13.2. The molecule has 1 amide bonds. The normalized spacial score (nSPS) is 11.2. The van der Waals surface area contributed by atoms with Crippen molar-refractivity contribution in [2.45, 2.75) is 17.9 Å². The smallest absolute Gasteiger partial charge is 0.228 e. The number of carbonyl (C=O) groups is 1. The minimum atomic E-state index is -0.168. The minimum absolute atomic E-state index is 0.0374. The van der Waals surface area contributed by atoms with E-state index in [0.29, 0.717) is 40.1 Å². The van der Waals surface area contributed by atoms with E-state index in [4.69, 9.17) is 14.2 Å². The summed E-state index contributed by atoms with van der Waals surface area (Å²) in [5.41, 5.74) is 3.97. The number of ether oxygens (including phenoxy) is 3. The third-order valence-corrected chi connectivity index (χ3v) is 7.94. The number of thioether (sulfide) groups is 1. The molecule has 8 nitrogen and oxygen atoms in total. The molecule has 0 aliphatic rings. The molecule has 9 heteroatoms. The quantitative estimate of drug-likeness (QED) is 0.132. The van der Waals surface area contributed by atoms with Crippen LogP contribution in [0.2, 0.25) is 0 Å². The molecule has 0 aliphatic heterocycles. The molecule has 0 saturated heterocycles. The van der Waals surface area contributed by atoms with Gasteiger partial charge in [0.2, 0.25) is 5.91 Å². The largest absolute Gasteiger partial charge is 0.493 e. The van der Waals surface area contributed by atoms with Gasteiger partial charge in [-0.25, -0.2) is 0 Å². The summed E-state index contributed by atoms with van der Waals surface area (Å²) < 4.78 is 16.6. The van der Waals surface area contributed by atoms with E-state index < -0.39 is 0 Å². The lowest BCUT2D eigenvalue weighted by Gasteiger charge is -2.18. The van der Waals surface area contributed by atoms with Crippen molar-refractivity contribution in [1.29, 1.82) is 0 Å². The fourth-order valence-corrected chi connectivity index (χ4v) is 5.52. The lowest BCUT2D eigenvalue weighted by molar-refractivity contribution is -0.115. The average Bonchev–Trinajstić information content (AvgIpc) is 3.02. The number of rotatable bonds is 12. The van der Waals surface area contributed by atoms with Gasteiger partial charge in [0.25, 0.3) is 0 Å². The van der Waals surface area contributed by atoms with Crippen molar-refractivity contribution in [1.82, 2.24) is 9.88 Å². The first-order chi connectivity index (χ1) is 20.9. The summed E-state index contributed by atoms with van der Waals surface area (Å²) >= 11 is 1.54. The number of hydrogen-bond acceptors (Lipinski definition) is 7. The summed E-state index contributed by atoms with van der Waals surface area (Å²) in [6, 6.07) is 24.5. The molecule has 222 valence electrons. The Bertz CT molecular complexity index is 1800. The molecular weight excluding hydrogens is 562 g/mol. The zero-order valence-corrected chi connectivity index (χ0v) is 25.5. The van der Waals surface area contributed by atoms with E-state index >= 15 is 0 Å². The number of benzene rings is 4. The second-order valence-corrected chi connectivity index (χ2v) is 11.1. The highest BCUT2D eigenvalue weighted by atomic mass is 32.2. The molecule has 0 bridgehead atoms. The Labute approximate surface area is 255 Å². The summed E-state index contributed by atoms with van der Waals surface area (Å²) in [5, 5.41) is 4.19. The summed E-state index contributed by atoms with van der Waals surface area (Å²) in [5.74, 6) is 1.97. The molecule has 1 heterocycles. The molecule has 0 saturated carbocycles. The number of carbonyl (C=O) groups excluding carboxylic acids is 1. The lowest BCUT2D eigenvalue weighted by atomic mass is 10.0. The van der Waals surface area contributed by atoms with Crippen LogP contribution in [0.1, 0.15) is 11.1 Å². The minimum Gasteiger partial charge on any atom is -0.493 e. The Hall–Kier alpha value is -4.47. The molecule has 0 unspecified atom stereocenters. The number of fused-ring (bicyclic) bond motifs is 2. The summed E-state index contributed by atoms with van der Waals surface area (Å²) in [7, 11) is 5.29. The monoisotopic (exact) mass is 597 g/mol. The van der Waals surface area contributed by atoms with Crippen LogP contribution in [-0.4, -0.2) is 56.5 Å². The van der Waals surface area contributed by atoms with E-state index in [1.54, 1.807) is 26.0 Å². The van der Waals surface area contributed by atoms with Gasteiger partial charge in [-0.3, -0.25) is 14.5 Å². The molecular formula is C34H35N3O5S. The summed E-state index contributed by atoms with van der Waals surface area (Å²) in [6.07, 6.45) is 2.09.